The van der Waals surface area contributed by atoms with E-state index in [-0.39, 0.29) is 25.7 Å². The van der Waals surface area contributed by atoms with Crippen LogP contribution in [0.4, 0.5) is 0 Å². The third-order valence-electron chi connectivity index (χ3n) is 6.06. The zero-order chi connectivity index (χ0) is 29.1. The van der Waals surface area contributed by atoms with Gasteiger partial charge in [0.1, 0.15) is 36.6 Å². The highest BCUT2D eigenvalue weighted by Crippen LogP contribution is 2.11. The lowest BCUT2D eigenvalue weighted by atomic mass is 10.0. The van der Waals surface area contributed by atoms with Crippen molar-refractivity contribution >= 4 is 24.4 Å². The Bertz CT molecular complexity index is 627. The topological polar surface area (TPSA) is 254 Å². The molecule has 0 saturated heterocycles. The highest BCUT2D eigenvalue weighted by molar-refractivity contribution is 5.81. The molecule has 14 heteroatoms. The van der Waals surface area contributed by atoms with Gasteiger partial charge in [-0.3, -0.25) is 9.59 Å². The summed E-state index contributed by atoms with van der Waals surface area (Å²) in [6, 6.07) is 0. The van der Waals surface area contributed by atoms with E-state index in [1.54, 1.807) is 0 Å². The third-order valence-corrected chi connectivity index (χ3v) is 6.06. The van der Waals surface area contributed by atoms with Gasteiger partial charge in [-0.1, -0.05) is 51.4 Å². The maximum absolute atomic E-state index is 11.8. The minimum atomic E-state index is -1.99. The fourth-order valence-electron chi connectivity index (χ4n) is 3.55. The average Bonchev–Trinajstić information content (AvgIpc) is 2.93. The molecule has 14 nitrogen and oxygen atoms in total. The lowest BCUT2D eigenvalue weighted by Gasteiger charge is -2.23. The first kappa shape index (κ1) is 36.0. The lowest BCUT2D eigenvalue weighted by molar-refractivity contribution is -0.149. The van der Waals surface area contributed by atoms with Crippen molar-refractivity contribution in [3.05, 3.63) is 0 Å². The van der Waals surface area contributed by atoms with Crippen LogP contribution in [-0.2, 0) is 19.2 Å². The number of hydrogen-bond donors (Lipinski definition) is 10. The van der Waals surface area contributed by atoms with E-state index in [0.717, 1.165) is 51.4 Å². The van der Waals surface area contributed by atoms with Crippen molar-refractivity contribution in [1.82, 2.24) is 10.6 Å². The van der Waals surface area contributed by atoms with Crippen LogP contribution in [0.25, 0.3) is 0 Å². The molecule has 0 bridgehead atoms. The molecule has 0 fully saturated rings. The van der Waals surface area contributed by atoms with E-state index in [1.807, 2.05) is 0 Å². The summed E-state index contributed by atoms with van der Waals surface area (Å²) in [6.45, 7) is 0.533. The maximum Gasteiger partial charge on any atom is 0.251 e. The molecule has 0 aliphatic heterocycles. The number of nitrogens with one attached hydrogen (secondary N) is 2. The van der Waals surface area contributed by atoms with Gasteiger partial charge in [-0.2, -0.15) is 0 Å². The molecule has 0 aromatic rings. The largest absolute Gasteiger partial charge is 0.387 e. The molecule has 0 aromatic carbocycles. The van der Waals surface area contributed by atoms with Crippen LogP contribution < -0.4 is 10.6 Å². The fraction of sp³-hybridized carbons (Fsp3) is 0.833. The van der Waals surface area contributed by atoms with Gasteiger partial charge in [0.15, 0.2) is 24.8 Å². The summed E-state index contributed by atoms with van der Waals surface area (Å²) in [4.78, 5) is 44.3. The number of unbranched alkanes of at least 4 members (excludes halogenated alkanes) is 9. The molecule has 222 valence electrons. The summed E-state index contributed by atoms with van der Waals surface area (Å²) in [6.07, 6.45) is -6.74. The number of carbonyl (C=O) groups is 4. The summed E-state index contributed by atoms with van der Waals surface area (Å²) in [5.41, 5.74) is 0. The smallest absolute Gasteiger partial charge is 0.251 e. The van der Waals surface area contributed by atoms with Crippen molar-refractivity contribution in [3.63, 3.8) is 0 Å². The van der Waals surface area contributed by atoms with Crippen LogP contribution in [0.1, 0.15) is 64.2 Å². The van der Waals surface area contributed by atoms with E-state index in [9.17, 15) is 49.8 Å². The molecule has 0 rings (SSSR count). The minimum Gasteiger partial charge on any atom is -0.387 e. The first-order valence-corrected chi connectivity index (χ1v) is 12.9. The molecule has 10 N–H and O–H groups in total. The third kappa shape index (κ3) is 14.2. The van der Waals surface area contributed by atoms with Gasteiger partial charge >= 0.3 is 0 Å². The highest BCUT2D eigenvalue weighted by Gasteiger charge is 2.35. The number of hydrogen-bond acceptors (Lipinski definition) is 12. The summed E-state index contributed by atoms with van der Waals surface area (Å²) in [5.74, 6) is -1.81. The van der Waals surface area contributed by atoms with Crippen molar-refractivity contribution in [3.8, 4) is 0 Å². The molecular weight excluding hydrogens is 508 g/mol. The van der Waals surface area contributed by atoms with E-state index in [2.05, 4.69) is 10.6 Å². The number of aliphatic hydroxyl groups is 8. The van der Waals surface area contributed by atoms with E-state index >= 15 is 0 Å². The molecule has 38 heavy (non-hydrogen) atoms. The van der Waals surface area contributed by atoms with Crippen LogP contribution in [0.3, 0.4) is 0 Å². The van der Waals surface area contributed by atoms with Crippen LogP contribution in [-0.4, -0.2) is 127 Å². The van der Waals surface area contributed by atoms with Crippen molar-refractivity contribution in [2.45, 2.75) is 113 Å². The summed E-state index contributed by atoms with van der Waals surface area (Å²) in [5, 5.41) is 80.7. The maximum atomic E-state index is 11.8. The number of aliphatic hydroxyl groups excluding tert-OH is 8. The highest BCUT2D eigenvalue weighted by atomic mass is 16.4. The van der Waals surface area contributed by atoms with Gasteiger partial charge in [0.25, 0.3) is 11.8 Å². The Labute approximate surface area is 221 Å². The SMILES string of the molecule is O=C[C@@H](O)[C@@H](O)[C@@H](O)[C@@H](O)C(=O)NCCCCCCCCCCCCNC(=O)[C@H](O)[C@H](O)[C@H](O)[C@H](O)C=O. The molecular formula is C24H44N2O12. The zero-order valence-electron chi connectivity index (χ0n) is 21.5. The summed E-state index contributed by atoms with van der Waals surface area (Å²) >= 11 is 0. The van der Waals surface area contributed by atoms with Gasteiger partial charge in [-0.25, -0.2) is 0 Å². The van der Waals surface area contributed by atoms with Crippen molar-refractivity contribution in [1.29, 1.82) is 0 Å². The van der Waals surface area contributed by atoms with Gasteiger partial charge in [-0.05, 0) is 12.8 Å². The van der Waals surface area contributed by atoms with Crippen LogP contribution in [0.15, 0.2) is 0 Å². The minimum absolute atomic E-state index is 0.00818. The quantitative estimate of drug-likeness (QED) is 0.0436. The monoisotopic (exact) mass is 552 g/mol. The average molecular weight is 553 g/mol. The van der Waals surface area contributed by atoms with Gasteiger partial charge < -0.3 is 61.1 Å². The van der Waals surface area contributed by atoms with Crippen molar-refractivity contribution in [2.75, 3.05) is 13.1 Å². The number of aldehydes is 2. The molecule has 8 atom stereocenters. The predicted molar refractivity (Wildman–Crippen MR) is 132 cm³/mol. The number of amides is 2. The Balaban J connectivity index is 3.71. The van der Waals surface area contributed by atoms with Gasteiger partial charge in [0, 0.05) is 13.1 Å². The summed E-state index contributed by atoms with van der Waals surface area (Å²) in [7, 11) is 0. The zero-order valence-corrected chi connectivity index (χ0v) is 21.5. The second-order valence-electron chi connectivity index (χ2n) is 9.22. The van der Waals surface area contributed by atoms with E-state index in [1.165, 1.54) is 0 Å². The number of rotatable bonds is 23. The Hall–Kier alpha value is -2.04. The van der Waals surface area contributed by atoms with E-state index < -0.39 is 60.6 Å². The Morgan fingerprint density at radius 2 is 0.737 bits per heavy atom. The second kappa shape index (κ2) is 20.9. The molecule has 0 radical (unpaired) electrons. The Morgan fingerprint density at radius 3 is 1.00 bits per heavy atom. The molecule has 0 heterocycles. The van der Waals surface area contributed by atoms with Crippen LogP contribution >= 0.6 is 0 Å². The standard InChI is InChI=1S/C24H44N2O12/c27-13-15(29)17(31)19(33)21(35)23(37)25-11-9-7-5-3-1-2-4-6-8-10-12-26-24(38)22(36)20(34)18(32)16(30)14-28/h13-22,29-36H,1-12H2,(H,25,37)(H,26,38)/t15-,16-,17-,18-,19-,20-,21-,22-/m1/s1. The first-order valence-electron chi connectivity index (χ1n) is 12.9. The lowest BCUT2D eigenvalue weighted by Crippen LogP contribution is -2.51. The Kier molecular flexibility index (Phi) is 19.7. The molecule has 0 aliphatic carbocycles. The van der Waals surface area contributed by atoms with Crippen LogP contribution in [0.5, 0.6) is 0 Å². The fourth-order valence-corrected chi connectivity index (χ4v) is 3.55. The van der Waals surface area contributed by atoms with Gasteiger partial charge in [-0.15, -0.1) is 0 Å². The summed E-state index contributed by atoms with van der Waals surface area (Å²) < 4.78 is 0. The number of carbonyl (C=O) groups excluding carboxylic acids is 4. The molecule has 0 unspecified atom stereocenters. The van der Waals surface area contributed by atoms with Crippen LogP contribution in [0.2, 0.25) is 0 Å². The Morgan fingerprint density at radius 1 is 0.474 bits per heavy atom. The molecule has 2 amide bonds. The second-order valence-corrected chi connectivity index (χ2v) is 9.22. The van der Waals surface area contributed by atoms with E-state index in [0.29, 0.717) is 12.8 Å². The molecule has 0 spiro atoms. The molecule has 0 aromatic heterocycles. The van der Waals surface area contributed by atoms with Crippen molar-refractivity contribution in [2.24, 2.45) is 0 Å². The molecule has 0 aliphatic rings. The molecule has 0 saturated carbocycles. The first-order chi connectivity index (χ1) is 18.0. The normalized spacial score (nSPS) is 17.8. The van der Waals surface area contributed by atoms with E-state index in [4.69, 9.17) is 10.2 Å². The van der Waals surface area contributed by atoms with Crippen molar-refractivity contribution < 1.29 is 60.0 Å². The van der Waals surface area contributed by atoms with Gasteiger partial charge in [0.2, 0.25) is 0 Å². The predicted octanol–water partition coefficient (Wildman–Crippen LogP) is -3.60. The van der Waals surface area contributed by atoms with Crippen LogP contribution in [0, 0.1) is 0 Å². The van der Waals surface area contributed by atoms with Gasteiger partial charge in [0.05, 0.1) is 0 Å².